The fraction of sp³-hybridized carbons (Fsp3) is 0.438. The van der Waals surface area contributed by atoms with Crippen LogP contribution in [-0.2, 0) is 20.9 Å². The molecule has 124 valence electrons. The van der Waals surface area contributed by atoms with Crippen molar-refractivity contribution in [3.05, 3.63) is 34.3 Å². The molecule has 1 aromatic carbocycles. The molecule has 0 unspecified atom stereocenters. The standard InChI is InChI=1S/C16H19BrN2O4/c1-16(2)14(21)19(15(22)18-16)9-3-4-13(20)23-10-11-5-7-12(17)8-6-11/h5-8H,3-4,9-10H2,1-2H3,(H,18,22). The summed E-state index contributed by atoms with van der Waals surface area (Å²) in [6, 6.07) is 7.08. The average molecular weight is 383 g/mol. The minimum Gasteiger partial charge on any atom is -0.461 e. The number of benzene rings is 1. The van der Waals surface area contributed by atoms with Crippen molar-refractivity contribution in [3.8, 4) is 0 Å². The summed E-state index contributed by atoms with van der Waals surface area (Å²) < 4.78 is 6.13. The molecule has 1 saturated heterocycles. The van der Waals surface area contributed by atoms with E-state index in [1.807, 2.05) is 24.3 Å². The second-order valence-corrected chi connectivity index (χ2v) is 6.82. The summed E-state index contributed by atoms with van der Waals surface area (Å²) in [5.41, 5.74) is 0.0246. The highest BCUT2D eigenvalue weighted by Gasteiger charge is 2.43. The van der Waals surface area contributed by atoms with Crippen molar-refractivity contribution in [1.82, 2.24) is 10.2 Å². The molecule has 0 saturated carbocycles. The van der Waals surface area contributed by atoms with Crippen LogP contribution in [0.3, 0.4) is 0 Å². The summed E-state index contributed by atoms with van der Waals surface area (Å²) in [5.74, 6) is -0.620. The van der Waals surface area contributed by atoms with Crippen LogP contribution in [0.15, 0.2) is 28.7 Å². The van der Waals surface area contributed by atoms with Gasteiger partial charge < -0.3 is 10.1 Å². The summed E-state index contributed by atoms with van der Waals surface area (Å²) >= 11 is 3.34. The van der Waals surface area contributed by atoms with Crippen LogP contribution in [0.4, 0.5) is 4.79 Å². The highest BCUT2D eigenvalue weighted by atomic mass is 79.9. The lowest BCUT2D eigenvalue weighted by atomic mass is 10.1. The number of urea groups is 1. The molecule has 2 rings (SSSR count). The maximum atomic E-state index is 12.0. The third-order valence-electron chi connectivity index (χ3n) is 3.52. The Bertz CT molecular complexity index is 613. The van der Waals surface area contributed by atoms with Gasteiger partial charge in [-0.25, -0.2) is 4.79 Å². The molecule has 6 nitrogen and oxygen atoms in total. The second-order valence-electron chi connectivity index (χ2n) is 5.90. The van der Waals surface area contributed by atoms with E-state index in [0.717, 1.165) is 14.9 Å². The zero-order valence-electron chi connectivity index (χ0n) is 13.1. The zero-order valence-corrected chi connectivity index (χ0v) is 14.7. The van der Waals surface area contributed by atoms with Gasteiger partial charge in [-0.05, 0) is 38.0 Å². The molecule has 1 aliphatic rings. The fourth-order valence-electron chi connectivity index (χ4n) is 2.22. The molecule has 0 bridgehead atoms. The van der Waals surface area contributed by atoms with E-state index in [1.165, 1.54) is 0 Å². The number of esters is 1. The van der Waals surface area contributed by atoms with Crippen LogP contribution in [0.25, 0.3) is 0 Å². The van der Waals surface area contributed by atoms with Crippen LogP contribution in [0.5, 0.6) is 0 Å². The van der Waals surface area contributed by atoms with Gasteiger partial charge in [0.05, 0.1) is 0 Å². The quantitative estimate of drug-likeness (QED) is 0.605. The topological polar surface area (TPSA) is 75.7 Å². The van der Waals surface area contributed by atoms with E-state index in [-0.39, 0.29) is 31.4 Å². The number of carbonyl (C=O) groups is 3. The van der Waals surface area contributed by atoms with Crippen molar-refractivity contribution in [1.29, 1.82) is 0 Å². The molecule has 0 aliphatic carbocycles. The first-order valence-corrected chi connectivity index (χ1v) is 8.13. The Morgan fingerprint density at radius 1 is 1.26 bits per heavy atom. The van der Waals surface area contributed by atoms with Crippen molar-refractivity contribution in [2.45, 2.75) is 38.8 Å². The molecular formula is C16H19BrN2O4. The number of nitrogens with one attached hydrogen (secondary N) is 1. The van der Waals surface area contributed by atoms with Gasteiger partial charge in [-0.1, -0.05) is 28.1 Å². The van der Waals surface area contributed by atoms with E-state index in [1.54, 1.807) is 13.8 Å². The highest BCUT2D eigenvalue weighted by Crippen LogP contribution is 2.17. The largest absolute Gasteiger partial charge is 0.461 e. The minimum atomic E-state index is -0.876. The lowest BCUT2D eigenvalue weighted by Crippen LogP contribution is -2.40. The maximum absolute atomic E-state index is 12.0. The third-order valence-corrected chi connectivity index (χ3v) is 4.05. The smallest absolute Gasteiger partial charge is 0.325 e. The molecule has 1 aliphatic heterocycles. The van der Waals surface area contributed by atoms with E-state index in [4.69, 9.17) is 4.74 Å². The lowest BCUT2D eigenvalue weighted by Gasteiger charge is -2.15. The predicted octanol–water partition coefficient (Wildman–Crippen LogP) is 2.60. The summed E-state index contributed by atoms with van der Waals surface area (Å²) in [4.78, 5) is 36.5. The first-order chi connectivity index (χ1) is 10.8. The lowest BCUT2D eigenvalue weighted by molar-refractivity contribution is -0.145. The van der Waals surface area contributed by atoms with E-state index >= 15 is 0 Å². The number of rotatable bonds is 6. The van der Waals surface area contributed by atoms with Crippen LogP contribution < -0.4 is 5.32 Å². The molecule has 1 fully saturated rings. The fourth-order valence-corrected chi connectivity index (χ4v) is 2.48. The van der Waals surface area contributed by atoms with Gasteiger partial charge in [0, 0.05) is 17.4 Å². The number of halogens is 1. The molecule has 0 atom stereocenters. The zero-order chi connectivity index (χ0) is 17.0. The number of nitrogens with zero attached hydrogens (tertiary/aromatic N) is 1. The Labute approximate surface area is 143 Å². The van der Waals surface area contributed by atoms with Gasteiger partial charge in [-0.3, -0.25) is 14.5 Å². The number of hydrogen-bond donors (Lipinski definition) is 1. The summed E-state index contributed by atoms with van der Waals surface area (Å²) in [6.07, 6.45) is 0.544. The molecule has 1 heterocycles. The van der Waals surface area contributed by atoms with Crippen molar-refractivity contribution in [3.63, 3.8) is 0 Å². The summed E-state index contributed by atoms with van der Waals surface area (Å²) in [7, 11) is 0. The Hall–Kier alpha value is -1.89. The third kappa shape index (κ3) is 4.54. The molecule has 1 aromatic rings. The van der Waals surface area contributed by atoms with E-state index in [9.17, 15) is 14.4 Å². The van der Waals surface area contributed by atoms with E-state index in [0.29, 0.717) is 6.42 Å². The number of imide groups is 1. The molecule has 3 amide bonds. The SMILES string of the molecule is CC1(C)NC(=O)N(CCCC(=O)OCc2ccc(Br)cc2)C1=O. The molecule has 0 radical (unpaired) electrons. The van der Waals surface area contributed by atoms with Gasteiger partial charge in [-0.2, -0.15) is 0 Å². The Balaban J connectivity index is 1.72. The average Bonchev–Trinajstić information content (AvgIpc) is 2.68. The first-order valence-electron chi connectivity index (χ1n) is 7.34. The van der Waals surface area contributed by atoms with Gasteiger partial charge >= 0.3 is 12.0 Å². The molecule has 0 aromatic heterocycles. The molecule has 1 N–H and O–H groups in total. The highest BCUT2D eigenvalue weighted by molar-refractivity contribution is 9.10. The van der Waals surface area contributed by atoms with Crippen molar-refractivity contribution in [2.75, 3.05) is 6.54 Å². The number of carbonyl (C=O) groups excluding carboxylic acids is 3. The molecule has 7 heteroatoms. The Kier molecular flexibility index (Phi) is 5.41. The van der Waals surface area contributed by atoms with Crippen molar-refractivity contribution < 1.29 is 19.1 Å². The van der Waals surface area contributed by atoms with Crippen molar-refractivity contribution >= 4 is 33.8 Å². The Morgan fingerprint density at radius 2 is 1.91 bits per heavy atom. The van der Waals surface area contributed by atoms with Gasteiger partial charge in [0.15, 0.2) is 0 Å². The second kappa shape index (κ2) is 7.12. The Morgan fingerprint density at radius 3 is 2.48 bits per heavy atom. The maximum Gasteiger partial charge on any atom is 0.325 e. The summed E-state index contributed by atoms with van der Waals surface area (Å²) in [6.45, 7) is 3.73. The predicted molar refractivity (Wildman–Crippen MR) is 87.5 cm³/mol. The van der Waals surface area contributed by atoms with Crippen LogP contribution in [0, 0.1) is 0 Å². The molecule has 23 heavy (non-hydrogen) atoms. The van der Waals surface area contributed by atoms with E-state index < -0.39 is 11.6 Å². The monoisotopic (exact) mass is 382 g/mol. The first kappa shape index (κ1) is 17.5. The summed E-state index contributed by atoms with van der Waals surface area (Å²) in [5, 5.41) is 2.60. The van der Waals surface area contributed by atoms with Crippen molar-refractivity contribution in [2.24, 2.45) is 0 Å². The van der Waals surface area contributed by atoms with Crippen LogP contribution in [0.2, 0.25) is 0 Å². The van der Waals surface area contributed by atoms with Gasteiger partial charge in [0.25, 0.3) is 5.91 Å². The number of amides is 3. The number of ether oxygens (including phenoxy) is 1. The van der Waals surface area contributed by atoms with Crippen LogP contribution in [0.1, 0.15) is 32.3 Å². The van der Waals surface area contributed by atoms with Gasteiger partial charge in [-0.15, -0.1) is 0 Å². The number of hydrogen-bond acceptors (Lipinski definition) is 4. The minimum absolute atomic E-state index is 0.161. The van der Waals surface area contributed by atoms with Gasteiger partial charge in [0.2, 0.25) is 0 Å². The van der Waals surface area contributed by atoms with Gasteiger partial charge in [0.1, 0.15) is 12.1 Å². The van der Waals surface area contributed by atoms with Crippen LogP contribution >= 0.6 is 15.9 Å². The molecular weight excluding hydrogens is 364 g/mol. The van der Waals surface area contributed by atoms with E-state index in [2.05, 4.69) is 21.2 Å². The normalized spacial score (nSPS) is 16.4. The molecule has 0 spiro atoms. The van der Waals surface area contributed by atoms with Crippen LogP contribution in [-0.4, -0.2) is 34.9 Å².